The van der Waals surface area contributed by atoms with Crippen LogP contribution in [0.4, 0.5) is 4.39 Å². The topological polar surface area (TPSA) is 30.0 Å². The Morgan fingerprint density at radius 3 is 2.41 bits per heavy atom. The number of carbonyl (C=O) groups excluding carboxylic acids is 1. The van der Waals surface area contributed by atoms with E-state index in [4.69, 9.17) is 0 Å². The van der Waals surface area contributed by atoms with Crippen LogP contribution in [0, 0.1) is 19.7 Å². The van der Waals surface area contributed by atoms with E-state index in [2.05, 4.69) is 4.98 Å². The molecule has 3 heteroatoms. The predicted molar refractivity (Wildman–Crippen MR) is 63.5 cm³/mol. The number of halogens is 1. The molecule has 86 valence electrons. The van der Waals surface area contributed by atoms with E-state index in [0.717, 1.165) is 11.1 Å². The van der Waals surface area contributed by atoms with Gasteiger partial charge in [0.2, 0.25) is 5.78 Å². The maximum atomic E-state index is 13.4. The Morgan fingerprint density at radius 1 is 1.18 bits per heavy atom. The van der Waals surface area contributed by atoms with E-state index in [1.165, 1.54) is 18.3 Å². The van der Waals surface area contributed by atoms with Gasteiger partial charge in [-0.3, -0.25) is 4.79 Å². The largest absolute Gasteiger partial charge is 0.287 e. The molecule has 0 bridgehead atoms. The lowest BCUT2D eigenvalue weighted by molar-refractivity contribution is 0.103. The summed E-state index contributed by atoms with van der Waals surface area (Å²) in [6.45, 7) is 3.80. The summed E-state index contributed by atoms with van der Waals surface area (Å²) < 4.78 is 13.4. The van der Waals surface area contributed by atoms with E-state index in [1.807, 2.05) is 19.9 Å². The molecule has 0 saturated heterocycles. The first kappa shape index (κ1) is 11.5. The van der Waals surface area contributed by atoms with Crippen LogP contribution >= 0.6 is 0 Å². The van der Waals surface area contributed by atoms with Gasteiger partial charge in [0.15, 0.2) is 5.82 Å². The quantitative estimate of drug-likeness (QED) is 0.741. The monoisotopic (exact) mass is 229 g/mol. The zero-order chi connectivity index (χ0) is 12.4. The van der Waals surface area contributed by atoms with Crippen LogP contribution in [0.2, 0.25) is 0 Å². The molecule has 0 unspecified atom stereocenters. The highest BCUT2D eigenvalue weighted by molar-refractivity contribution is 6.08. The first-order valence-electron chi connectivity index (χ1n) is 5.31. The van der Waals surface area contributed by atoms with Gasteiger partial charge in [-0.15, -0.1) is 0 Å². The summed E-state index contributed by atoms with van der Waals surface area (Å²) in [5.41, 5.74) is 2.30. The maximum absolute atomic E-state index is 13.4. The van der Waals surface area contributed by atoms with Crippen molar-refractivity contribution >= 4 is 5.78 Å². The van der Waals surface area contributed by atoms with Crippen LogP contribution in [-0.4, -0.2) is 10.8 Å². The number of ketones is 1. The van der Waals surface area contributed by atoms with Gasteiger partial charge in [-0.2, -0.15) is 0 Å². The van der Waals surface area contributed by atoms with Gasteiger partial charge < -0.3 is 0 Å². The number of rotatable bonds is 2. The molecule has 2 rings (SSSR count). The van der Waals surface area contributed by atoms with Gasteiger partial charge in [0.25, 0.3) is 0 Å². The lowest BCUT2D eigenvalue weighted by Gasteiger charge is -2.04. The third kappa shape index (κ3) is 2.38. The van der Waals surface area contributed by atoms with Crippen molar-refractivity contribution in [2.45, 2.75) is 13.8 Å². The highest BCUT2D eigenvalue weighted by atomic mass is 19.1. The number of hydrogen-bond donors (Lipinski definition) is 0. The highest BCUT2D eigenvalue weighted by Gasteiger charge is 2.15. The first-order valence-corrected chi connectivity index (χ1v) is 5.31. The Morgan fingerprint density at radius 2 is 1.82 bits per heavy atom. The fraction of sp³-hybridized carbons (Fsp3) is 0.143. The lowest BCUT2D eigenvalue weighted by atomic mass is 10.0. The second-order valence-electron chi connectivity index (χ2n) is 4.04. The Kier molecular flexibility index (Phi) is 3.00. The third-order valence-electron chi connectivity index (χ3n) is 2.46. The molecule has 0 saturated carbocycles. The number of pyridine rings is 1. The van der Waals surface area contributed by atoms with Crippen molar-refractivity contribution in [2.24, 2.45) is 0 Å². The lowest BCUT2D eigenvalue weighted by Crippen LogP contribution is -2.07. The third-order valence-corrected chi connectivity index (χ3v) is 2.46. The molecule has 1 aromatic carbocycles. The average molecular weight is 229 g/mol. The van der Waals surface area contributed by atoms with Crippen LogP contribution < -0.4 is 0 Å². The molecule has 0 fully saturated rings. The van der Waals surface area contributed by atoms with Crippen molar-refractivity contribution in [1.29, 1.82) is 0 Å². The standard InChI is InChI=1S/C14H12FNO/c1-9-6-10(2)8-11(7-9)14(17)13-12(15)4-3-5-16-13/h3-8H,1-2H3. The summed E-state index contributed by atoms with van der Waals surface area (Å²) in [6.07, 6.45) is 1.42. The fourth-order valence-corrected chi connectivity index (χ4v) is 1.80. The van der Waals surface area contributed by atoms with Gasteiger partial charge in [-0.1, -0.05) is 17.2 Å². The average Bonchev–Trinajstić information content (AvgIpc) is 2.27. The molecule has 0 amide bonds. The molecule has 0 aliphatic heterocycles. The molecule has 1 aromatic heterocycles. The molecule has 2 aromatic rings. The second-order valence-corrected chi connectivity index (χ2v) is 4.04. The van der Waals surface area contributed by atoms with E-state index in [0.29, 0.717) is 5.56 Å². The molecule has 17 heavy (non-hydrogen) atoms. The van der Waals surface area contributed by atoms with Gasteiger partial charge >= 0.3 is 0 Å². The number of aromatic nitrogens is 1. The van der Waals surface area contributed by atoms with E-state index in [-0.39, 0.29) is 11.5 Å². The van der Waals surface area contributed by atoms with E-state index in [9.17, 15) is 9.18 Å². The molecule has 2 nitrogen and oxygen atoms in total. The normalized spacial score (nSPS) is 10.3. The van der Waals surface area contributed by atoms with Gasteiger partial charge in [-0.25, -0.2) is 9.37 Å². The van der Waals surface area contributed by atoms with Crippen molar-refractivity contribution in [3.63, 3.8) is 0 Å². The molecule has 0 radical (unpaired) electrons. The first-order chi connectivity index (χ1) is 8.08. The molecule has 0 aliphatic rings. The summed E-state index contributed by atoms with van der Waals surface area (Å²) in [6, 6.07) is 8.15. The molecule has 0 spiro atoms. The van der Waals surface area contributed by atoms with Crippen molar-refractivity contribution in [3.8, 4) is 0 Å². The van der Waals surface area contributed by atoms with Crippen LogP contribution in [0.1, 0.15) is 27.2 Å². The minimum absolute atomic E-state index is 0.127. The Balaban J connectivity index is 2.48. The van der Waals surface area contributed by atoms with Crippen molar-refractivity contribution < 1.29 is 9.18 Å². The molecular formula is C14H12FNO. The molecule has 0 N–H and O–H groups in total. The maximum Gasteiger partial charge on any atom is 0.214 e. The minimum atomic E-state index is -0.586. The molecule has 0 atom stereocenters. The zero-order valence-electron chi connectivity index (χ0n) is 9.70. The summed E-state index contributed by atoms with van der Waals surface area (Å²) in [4.78, 5) is 15.9. The zero-order valence-corrected chi connectivity index (χ0v) is 9.70. The van der Waals surface area contributed by atoms with Crippen LogP contribution in [-0.2, 0) is 0 Å². The Hall–Kier alpha value is -2.03. The Labute approximate surface area is 99.1 Å². The highest BCUT2D eigenvalue weighted by Crippen LogP contribution is 2.14. The fourth-order valence-electron chi connectivity index (χ4n) is 1.80. The molecule has 1 heterocycles. The summed E-state index contributed by atoms with van der Waals surface area (Å²) >= 11 is 0. The van der Waals surface area contributed by atoms with Crippen LogP contribution in [0.25, 0.3) is 0 Å². The number of carbonyl (C=O) groups is 1. The van der Waals surface area contributed by atoms with E-state index >= 15 is 0 Å². The van der Waals surface area contributed by atoms with Crippen LogP contribution in [0.5, 0.6) is 0 Å². The van der Waals surface area contributed by atoms with Gasteiger partial charge in [-0.05, 0) is 38.1 Å². The number of hydrogen-bond acceptors (Lipinski definition) is 2. The van der Waals surface area contributed by atoms with Gasteiger partial charge in [0.1, 0.15) is 5.69 Å². The van der Waals surface area contributed by atoms with E-state index < -0.39 is 5.82 Å². The van der Waals surface area contributed by atoms with Crippen molar-refractivity contribution in [1.82, 2.24) is 4.98 Å². The second kappa shape index (κ2) is 4.45. The minimum Gasteiger partial charge on any atom is -0.287 e. The molecular weight excluding hydrogens is 217 g/mol. The summed E-state index contributed by atoms with van der Waals surface area (Å²) in [5, 5.41) is 0. The van der Waals surface area contributed by atoms with Crippen molar-refractivity contribution in [3.05, 3.63) is 64.7 Å². The number of aryl methyl sites for hydroxylation is 2. The number of nitrogens with zero attached hydrogens (tertiary/aromatic N) is 1. The van der Waals surface area contributed by atoms with Crippen molar-refractivity contribution in [2.75, 3.05) is 0 Å². The van der Waals surface area contributed by atoms with Gasteiger partial charge in [0.05, 0.1) is 0 Å². The summed E-state index contributed by atoms with van der Waals surface area (Å²) in [7, 11) is 0. The van der Waals surface area contributed by atoms with Crippen LogP contribution in [0.15, 0.2) is 36.5 Å². The smallest absolute Gasteiger partial charge is 0.214 e. The van der Waals surface area contributed by atoms with E-state index in [1.54, 1.807) is 12.1 Å². The predicted octanol–water partition coefficient (Wildman–Crippen LogP) is 3.07. The molecule has 0 aliphatic carbocycles. The van der Waals surface area contributed by atoms with Crippen LogP contribution in [0.3, 0.4) is 0 Å². The number of benzene rings is 1. The van der Waals surface area contributed by atoms with Gasteiger partial charge in [0, 0.05) is 11.8 Å². The SMILES string of the molecule is Cc1cc(C)cc(C(=O)c2ncccc2F)c1. The summed E-state index contributed by atoms with van der Waals surface area (Å²) in [5.74, 6) is -0.966. The Bertz CT molecular complexity index is 558.